The van der Waals surface area contributed by atoms with Crippen LogP contribution in [0.15, 0.2) is 30.3 Å². The summed E-state index contributed by atoms with van der Waals surface area (Å²) >= 11 is 7.59. The third kappa shape index (κ3) is 2.11. The zero-order chi connectivity index (χ0) is 10.8. The van der Waals surface area contributed by atoms with Crippen LogP contribution in [0.1, 0.15) is 15.2 Å². The number of aryl methyl sites for hydroxylation is 1. The van der Waals surface area contributed by atoms with Crippen molar-refractivity contribution in [2.75, 3.05) is 0 Å². The van der Waals surface area contributed by atoms with Crippen LogP contribution in [0, 0.1) is 6.92 Å². The molecule has 0 unspecified atom stereocenters. The molecule has 0 bridgehead atoms. The maximum absolute atomic E-state index is 10.6. The van der Waals surface area contributed by atoms with Crippen LogP contribution in [0.2, 0.25) is 5.02 Å². The fraction of sp³-hybridized carbons (Fsp3) is 0.0833. The Morgan fingerprint density at radius 1 is 1.27 bits per heavy atom. The van der Waals surface area contributed by atoms with Crippen LogP contribution in [0.5, 0.6) is 0 Å². The van der Waals surface area contributed by atoms with E-state index in [9.17, 15) is 4.79 Å². The average Bonchev–Trinajstić information content (AvgIpc) is 2.66. The first-order chi connectivity index (χ1) is 7.20. The van der Waals surface area contributed by atoms with Crippen LogP contribution in [0.25, 0.3) is 10.4 Å². The van der Waals surface area contributed by atoms with Gasteiger partial charge in [0.25, 0.3) is 0 Å². The van der Waals surface area contributed by atoms with Gasteiger partial charge in [-0.05, 0) is 30.7 Å². The lowest BCUT2D eigenvalue weighted by molar-refractivity contribution is 0.112. The van der Waals surface area contributed by atoms with Crippen molar-refractivity contribution in [2.24, 2.45) is 0 Å². The van der Waals surface area contributed by atoms with Gasteiger partial charge in [-0.15, -0.1) is 11.3 Å². The molecule has 0 amide bonds. The number of carbonyl (C=O) groups excluding carboxylic acids is 1. The first-order valence-corrected chi connectivity index (χ1v) is 5.71. The van der Waals surface area contributed by atoms with Gasteiger partial charge in [0.15, 0.2) is 6.29 Å². The molecule has 0 aliphatic heterocycles. The summed E-state index contributed by atoms with van der Waals surface area (Å²) in [4.78, 5) is 12.3. The maximum Gasteiger partial charge on any atom is 0.160 e. The topological polar surface area (TPSA) is 17.1 Å². The van der Waals surface area contributed by atoms with E-state index in [4.69, 9.17) is 11.6 Å². The predicted molar refractivity (Wildman–Crippen MR) is 64.9 cm³/mol. The van der Waals surface area contributed by atoms with E-state index < -0.39 is 0 Å². The van der Waals surface area contributed by atoms with Gasteiger partial charge in [0.1, 0.15) is 0 Å². The molecule has 1 aromatic carbocycles. The number of thiophene rings is 1. The summed E-state index contributed by atoms with van der Waals surface area (Å²) < 4.78 is 0. The number of carbonyl (C=O) groups is 1. The normalized spacial score (nSPS) is 10.3. The van der Waals surface area contributed by atoms with Gasteiger partial charge in [-0.25, -0.2) is 0 Å². The highest BCUT2D eigenvalue weighted by molar-refractivity contribution is 7.17. The summed E-state index contributed by atoms with van der Waals surface area (Å²) in [7, 11) is 0. The summed E-state index contributed by atoms with van der Waals surface area (Å²) in [5.74, 6) is 0. The van der Waals surface area contributed by atoms with Crippen LogP contribution >= 0.6 is 22.9 Å². The lowest BCUT2D eigenvalue weighted by Gasteiger charge is -2.01. The van der Waals surface area contributed by atoms with E-state index in [1.807, 2.05) is 37.3 Å². The van der Waals surface area contributed by atoms with E-state index in [-0.39, 0.29) is 0 Å². The molecule has 3 heteroatoms. The first kappa shape index (κ1) is 10.4. The zero-order valence-electron chi connectivity index (χ0n) is 8.16. The molecule has 1 nitrogen and oxygen atoms in total. The van der Waals surface area contributed by atoms with Crippen molar-refractivity contribution in [3.8, 4) is 10.4 Å². The van der Waals surface area contributed by atoms with Gasteiger partial charge >= 0.3 is 0 Å². The Hall–Kier alpha value is -1.12. The predicted octanol–water partition coefficient (Wildman–Crippen LogP) is 4.19. The third-order valence-corrected chi connectivity index (χ3v) is 3.49. The summed E-state index contributed by atoms with van der Waals surface area (Å²) in [6.45, 7) is 2.00. The Labute approximate surface area is 97.3 Å². The Morgan fingerprint density at radius 3 is 2.67 bits per heavy atom. The van der Waals surface area contributed by atoms with Gasteiger partial charge in [0.2, 0.25) is 0 Å². The number of hydrogen-bond acceptors (Lipinski definition) is 2. The summed E-state index contributed by atoms with van der Waals surface area (Å²) in [5, 5.41) is 0.731. The number of hydrogen-bond donors (Lipinski definition) is 0. The highest BCUT2D eigenvalue weighted by Gasteiger charge is 2.06. The summed E-state index contributed by atoms with van der Waals surface area (Å²) in [6.07, 6.45) is 0.857. The minimum absolute atomic E-state index is 0.724. The zero-order valence-corrected chi connectivity index (χ0v) is 9.73. The molecule has 15 heavy (non-hydrogen) atoms. The van der Waals surface area contributed by atoms with E-state index >= 15 is 0 Å². The van der Waals surface area contributed by atoms with E-state index in [0.29, 0.717) is 0 Å². The van der Waals surface area contributed by atoms with Crippen molar-refractivity contribution >= 4 is 29.2 Å². The second-order valence-corrected chi connectivity index (χ2v) is 4.83. The van der Waals surface area contributed by atoms with Crippen molar-refractivity contribution in [3.63, 3.8) is 0 Å². The number of benzene rings is 1. The van der Waals surface area contributed by atoms with Crippen LogP contribution < -0.4 is 0 Å². The van der Waals surface area contributed by atoms with Crippen molar-refractivity contribution < 1.29 is 4.79 Å². The second-order valence-electron chi connectivity index (χ2n) is 3.30. The first-order valence-electron chi connectivity index (χ1n) is 4.52. The summed E-state index contributed by atoms with van der Waals surface area (Å²) in [5.41, 5.74) is 2.12. The molecular weight excluding hydrogens is 228 g/mol. The van der Waals surface area contributed by atoms with Gasteiger partial charge in [-0.2, -0.15) is 0 Å². The molecule has 2 rings (SSSR count). The maximum atomic E-state index is 10.6. The monoisotopic (exact) mass is 236 g/mol. The molecule has 0 saturated carbocycles. The Morgan fingerprint density at radius 2 is 2.07 bits per heavy atom. The number of rotatable bonds is 2. The number of halogens is 1. The quantitative estimate of drug-likeness (QED) is 0.715. The molecule has 0 spiro atoms. The molecule has 76 valence electrons. The molecule has 0 aliphatic rings. The average molecular weight is 237 g/mol. The van der Waals surface area contributed by atoms with Crippen LogP contribution in [0.4, 0.5) is 0 Å². The highest BCUT2D eigenvalue weighted by Crippen LogP contribution is 2.33. The number of aldehydes is 1. The van der Waals surface area contributed by atoms with E-state index in [1.54, 1.807) is 0 Å². The third-order valence-electron chi connectivity index (χ3n) is 2.13. The van der Waals surface area contributed by atoms with Gasteiger partial charge in [-0.1, -0.05) is 23.7 Å². The Bertz CT molecular complexity index is 502. The van der Waals surface area contributed by atoms with E-state index in [0.717, 1.165) is 32.2 Å². The van der Waals surface area contributed by atoms with Crippen molar-refractivity contribution in [1.29, 1.82) is 0 Å². The molecule has 0 saturated heterocycles. The molecule has 0 fully saturated rings. The smallest absolute Gasteiger partial charge is 0.160 e. The second kappa shape index (κ2) is 4.17. The van der Waals surface area contributed by atoms with Gasteiger partial charge < -0.3 is 0 Å². The fourth-order valence-electron chi connectivity index (χ4n) is 1.38. The lowest BCUT2D eigenvalue weighted by atomic mass is 10.1. The minimum atomic E-state index is 0.724. The molecule has 0 radical (unpaired) electrons. The van der Waals surface area contributed by atoms with E-state index in [2.05, 4.69) is 0 Å². The molecule has 1 heterocycles. The highest BCUT2D eigenvalue weighted by atomic mass is 35.5. The molecule has 0 N–H and O–H groups in total. The molecule has 0 atom stereocenters. The van der Waals surface area contributed by atoms with Crippen LogP contribution in [-0.2, 0) is 0 Å². The Balaban J connectivity index is 2.49. The van der Waals surface area contributed by atoms with Crippen LogP contribution in [0.3, 0.4) is 0 Å². The standard InChI is InChI=1S/C12H9ClOS/c1-8-2-4-10(11(13)6-8)12-5-3-9(7-14)15-12/h2-7H,1H3. The van der Waals surface area contributed by atoms with Gasteiger partial charge in [-0.3, -0.25) is 4.79 Å². The molecule has 0 aliphatic carbocycles. The summed E-state index contributed by atoms with van der Waals surface area (Å²) in [6, 6.07) is 9.66. The van der Waals surface area contributed by atoms with Gasteiger partial charge in [0, 0.05) is 15.5 Å². The lowest BCUT2D eigenvalue weighted by Crippen LogP contribution is -1.77. The van der Waals surface area contributed by atoms with Crippen LogP contribution in [-0.4, -0.2) is 6.29 Å². The molecular formula is C12H9ClOS. The molecule has 1 aromatic heterocycles. The van der Waals surface area contributed by atoms with Crippen molar-refractivity contribution in [3.05, 3.63) is 45.8 Å². The largest absolute Gasteiger partial charge is 0.297 e. The molecule has 2 aromatic rings. The van der Waals surface area contributed by atoms with E-state index in [1.165, 1.54) is 11.3 Å². The minimum Gasteiger partial charge on any atom is -0.297 e. The van der Waals surface area contributed by atoms with Crippen molar-refractivity contribution in [1.82, 2.24) is 0 Å². The Kier molecular flexibility index (Phi) is 2.89. The fourth-order valence-corrected chi connectivity index (χ4v) is 2.64. The SMILES string of the molecule is Cc1ccc(-c2ccc(C=O)s2)c(Cl)c1. The van der Waals surface area contributed by atoms with Gasteiger partial charge in [0.05, 0.1) is 4.88 Å². The van der Waals surface area contributed by atoms with Crippen molar-refractivity contribution in [2.45, 2.75) is 6.92 Å².